The van der Waals surface area contributed by atoms with Gasteiger partial charge in [0.2, 0.25) is 15.9 Å². The Morgan fingerprint density at radius 3 is 2.10 bits per heavy atom. The van der Waals surface area contributed by atoms with Gasteiger partial charge in [-0.15, -0.1) is 13.2 Å². The zero-order chi connectivity index (χ0) is 22.9. The molecule has 0 saturated carbocycles. The van der Waals surface area contributed by atoms with Crippen molar-refractivity contribution >= 4 is 15.9 Å². The zero-order valence-corrected chi connectivity index (χ0v) is 17.3. The molecule has 0 atom stereocenters. The minimum atomic E-state index is -4.87. The summed E-state index contributed by atoms with van der Waals surface area (Å²) in [4.78, 5) is 11.5. The van der Waals surface area contributed by atoms with Crippen LogP contribution >= 0.6 is 0 Å². The number of carbonyl (C=O) groups excluding carboxylic acids is 1. The van der Waals surface area contributed by atoms with Crippen LogP contribution in [-0.4, -0.2) is 47.5 Å². The monoisotopic (exact) mass is 462 g/mol. The molecule has 8 nitrogen and oxygen atoms in total. The summed E-state index contributed by atoms with van der Waals surface area (Å²) in [6, 6.07) is 10.6. The van der Waals surface area contributed by atoms with Gasteiger partial charge in [0, 0.05) is 13.0 Å². The van der Waals surface area contributed by atoms with Gasteiger partial charge in [0.05, 0.1) is 18.6 Å². The maximum atomic E-state index is 12.1. The number of methoxy groups -OCH3 is 1. The highest BCUT2D eigenvalue weighted by atomic mass is 32.2. The van der Waals surface area contributed by atoms with Crippen molar-refractivity contribution < 1.29 is 40.6 Å². The fraction of sp³-hybridized carbons (Fsp3) is 0.316. The molecule has 2 aromatic rings. The molecule has 0 heterocycles. The summed E-state index contributed by atoms with van der Waals surface area (Å²) < 4.78 is 77.1. The average Bonchev–Trinajstić information content (AvgIpc) is 2.71. The standard InChI is InChI=1S/C19H21F3N2O6S/c1-28-14-2-4-15(5-3-14)29-13-12-23-18(25)10-11-24-31(26,27)17-8-6-16(7-9-17)30-19(20,21)22/h2-9,24H,10-13H2,1H3,(H,23,25). The minimum Gasteiger partial charge on any atom is -0.497 e. The van der Waals surface area contributed by atoms with Crippen molar-refractivity contribution in [2.45, 2.75) is 17.7 Å². The predicted octanol–water partition coefficient (Wildman–Crippen LogP) is 2.46. The van der Waals surface area contributed by atoms with E-state index >= 15 is 0 Å². The summed E-state index contributed by atoms with van der Waals surface area (Å²) in [6.07, 6.45) is -5.00. The van der Waals surface area contributed by atoms with Crippen molar-refractivity contribution in [3.05, 3.63) is 48.5 Å². The summed E-state index contributed by atoms with van der Waals surface area (Å²) in [6.45, 7) is 0.253. The van der Waals surface area contributed by atoms with Crippen LogP contribution < -0.4 is 24.2 Å². The van der Waals surface area contributed by atoms with Crippen molar-refractivity contribution in [1.82, 2.24) is 10.0 Å². The molecule has 0 fully saturated rings. The predicted molar refractivity (Wildman–Crippen MR) is 104 cm³/mol. The molecule has 0 spiro atoms. The van der Waals surface area contributed by atoms with Gasteiger partial charge in [-0.2, -0.15) is 0 Å². The van der Waals surface area contributed by atoms with Crippen LogP contribution in [0.1, 0.15) is 6.42 Å². The lowest BCUT2D eigenvalue weighted by molar-refractivity contribution is -0.274. The summed E-state index contributed by atoms with van der Waals surface area (Å²) in [5.74, 6) is 0.362. The highest BCUT2D eigenvalue weighted by Gasteiger charge is 2.31. The Bertz CT molecular complexity index is 948. The first kappa shape index (κ1) is 24.3. The Kier molecular flexibility index (Phi) is 8.51. The second-order valence-corrected chi connectivity index (χ2v) is 7.81. The molecule has 0 aromatic heterocycles. The van der Waals surface area contributed by atoms with Crippen LogP contribution in [0.3, 0.4) is 0 Å². The molecule has 0 aliphatic heterocycles. The quantitative estimate of drug-likeness (QED) is 0.498. The minimum absolute atomic E-state index is 0.128. The molecule has 31 heavy (non-hydrogen) atoms. The number of hydrogen-bond acceptors (Lipinski definition) is 6. The Morgan fingerprint density at radius 1 is 0.935 bits per heavy atom. The van der Waals surface area contributed by atoms with Gasteiger partial charge in [0.1, 0.15) is 23.9 Å². The number of benzene rings is 2. The SMILES string of the molecule is COc1ccc(OCCNC(=O)CCNS(=O)(=O)c2ccc(OC(F)(F)F)cc2)cc1. The molecule has 2 N–H and O–H groups in total. The first-order valence-corrected chi connectivity index (χ1v) is 10.5. The van der Waals surface area contributed by atoms with E-state index in [1.807, 2.05) is 0 Å². The first-order chi connectivity index (χ1) is 14.6. The number of rotatable bonds is 11. The van der Waals surface area contributed by atoms with E-state index in [2.05, 4.69) is 14.8 Å². The molecule has 170 valence electrons. The number of alkyl halides is 3. The van der Waals surface area contributed by atoms with Crippen LogP contribution in [0.5, 0.6) is 17.2 Å². The number of sulfonamides is 1. The number of halogens is 3. The third-order valence-corrected chi connectivity index (χ3v) is 5.24. The van der Waals surface area contributed by atoms with E-state index in [1.54, 1.807) is 31.4 Å². The van der Waals surface area contributed by atoms with Gasteiger partial charge in [-0.1, -0.05) is 0 Å². The van der Waals surface area contributed by atoms with Crippen LogP contribution in [0.2, 0.25) is 0 Å². The van der Waals surface area contributed by atoms with Crippen molar-refractivity contribution in [1.29, 1.82) is 0 Å². The summed E-state index contributed by atoms with van der Waals surface area (Å²) in [5, 5.41) is 2.58. The fourth-order valence-corrected chi connectivity index (χ4v) is 3.35. The molecule has 0 bridgehead atoms. The van der Waals surface area contributed by atoms with Gasteiger partial charge in [-0.25, -0.2) is 13.1 Å². The van der Waals surface area contributed by atoms with E-state index in [-0.39, 0.29) is 31.0 Å². The summed E-state index contributed by atoms with van der Waals surface area (Å²) in [5.41, 5.74) is 0. The molecule has 2 aromatic carbocycles. The van der Waals surface area contributed by atoms with E-state index in [0.717, 1.165) is 24.3 Å². The molecule has 0 aliphatic rings. The van der Waals surface area contributed by atoms with Crippen LogP contribution in [0.25, 0.3) is 0 Å². The van der Waals surface area contributed by atoms with E-state index in [4.69, 9.17) is 9.47 Å². The lowest BCUT2D eigenvalue weighted by Gasteiger charge is -2.10. The summed E-state index contributed by atoms with van der Waals surface area (Å²) in [7, 11) is -2.43. The summed E-state index contributed by atoms with van der Waals surface area (Å²) >= 11 is 0. The lowest BCUT2D eigenvalue weighted by Crippen LogP contribution is -2.32. The van der Waals surface area contributed by atoms with Crippen LogP contribution in [0, 0.1) is 0 Å². The molecular formula is C19H21F3N2O6S. The number of carbonyl (C=O) groups is 1. The Balaban J connectivity index is 1.69. The molecular weight excluding hydrogens is 441 g/mol. The van der Waals surface area contributed by atoms with E-state index in [1.165, 1.54) is 0 Å². The molecule has 0 aliphatic carbocycles. The van der Waals surface area contributed by atoms with Gasteiger partial charge in [-0.05, 0) is 48.5 Å². The number of ether oxygens (including phenoxy) is 3. The second-order valence-electron chi connectivity index (χ2n) is 6.04. The number of hydrogen-bond donors (Lipinski definition) is 2. The molecule has 0 unspecified atom stereocenters. The fourth-order valence-electron chi connectivity index (χ4n) is 2.32. The molecule has 1 amide bonds. The number of nitrogens with one attached hydrogen (secondary N) is 2. The largest absolute Gasteiger partial charge is 0.573 e. The average molecular weight is 462 g/mol. The first-order valence-electron chi connectivity index (χ1n) is 8.98. The van der Waals surface area contributed by atoms with Gasteiger partial charge < -0.3 is 19.5 Å². The van der Waals surface area contributed by atoms with E-state index in [9.17, 15) is 26.4 Å². The van der Waals surface area contributed by atoms with Gasteiger partial charge in [0.25, 0.3) is 0 Å². The Labute approximate surface area is 177 Å². The molecule has 0 saturated heterocycles. The normalized spacial score (nSPS) is 11.6. The lowest BCUT2D eigenvalue weighted by atomic mass is 10.3. The maximum Gasteiger partial charge on any atom is 0.573 e. The van der Waals surface area contributed by atoms with Gasteiger partial charge >= 0.3 is 6.36 Å². The van der Waals surface area contributed by atoms with E-state index in [0.29, 0.717) is 11.5 Å². The third-order valence-electron chi connectivity index (χ3n) is 3.76. The zero-order valence-electron chi connectivity index (χ0n) is 16.4. The Hall–Kier alpha value is -2.99. The number of amides is 1. The van der Waals surface area contributed by atoms with Crippen molar-refractivity contribution in [2.75, 3.05) is 26.8 Å². The van der Waals surface area contributed by atoms with Crippen molar-refractivity contribution in [2.24, 2.45) is 0 Å². The maximum absolute atomic E-state index is 12.1. The molecule has 0 radical (unpaired) electrons. The van der Waals surface area contributed by atoms with Crippen LogP contribution in [0.15, 0.2) is 53.4 Å². The second kappa shape index (κ2) is 10.9. The van der Waals surface area contributed by atoms with Crippen LogP contribution in [0.4, 0.5) is 13.2 Å². The highest BCUT2D eigenvalue weighted by Crippen LogP contribution is 2.23. The van der Waals surface area contributed by atoms with E-state index < -0.39 is 28.0 Å². The molecule has 2 rings (SSSR count). The topological polar surface area (TPSA) is 103 Å². The van der Waals surface area contributed by atoms with Crippen LogP contribution in [-0.2, 0) is 14.8 Å². The van der Waals surface area contributed by atoms with Gasteiger partial charge in [0.15, 0.2) is 0 Å². The smallest absolute Gasteiger partial charge is 0.497 e. The Morgan fingerprint density at radius 2 is 1.52 bits per heavy atom. The third kappa shape index (κ3) is 8.72. The van der Waals surface area contributed by atoms with Crippen molar-refractivity contribution in [3.63, 3.8) is 0 Å². The van der Waals surface area contributed by atoms with Gasteiger partial charge in [-0.3, -0.25) is 4.79 Å². The molecule has 12 heteroatoms. The highest BCUT2D eigenvalue weighted by molar-refractivity contribution is 7.89. The van der Waals surface area contributed by atoms with Crippen molar-refractivity contribution in [3.8, 4) is 17.2 Å².